The van der Waals surface area contributed by atoms with Crippen LogP contribution in [0.2, 0.25) is 0 Å². The molecule has 0 aliphatic carbocycles. The van der Waals surface area contributed by atoms with Crippen LogP contribution in [0.4, 0.5) is 0 Å². The Bertz CT molecular complexity index is 460. The van der Waals surface area contributed by atoms with Gasteiger partial charge in [0.25, 0.3) is 0 Å². The standard InChI is InChI=1S/C16H20N2/c1-18(2)13-5-6-14-8-10-15(11-9-14)16-7-3-4-12-17-16/h3-4,7-12H,5-6,13H2,1-2H3. The molecule has 0 N–H and O–H groups in total. The van der Waals surface area contributed by atoms with Crippen LogP contribution in [0.15, 0.2) is 48.7 Å². The molecule has 0 fully saturated rings. The van der Waals surface area contributed by atoms with Gasteiger partial charge in [0.15, 0.2) is 0 Å². The maximum Gasteiger partial charge on any atom is 0.0701 e. The van der Waals surface area contributed by atoms with Crippen LogP contribution in [-0.4, -0.2) is 30.5 Å². The van der Waals surface area contributed by atoms with Crippen molar-refractivity contribution in [2.45, 2.75) is 12.8 Å². The van der Waals surface area contributed by atoms with Gasteiger partial charge in [-0.2, -0.15) is 0 Å². The lowest BCUT2D eigenvalue weighted by Gasteiger charge is -2.09. The minimum absolute atomic E-state index is 1.04. The molecule has 1 aromatic carbocycles. The first kappa shape index (κ1) is 12.8. The maximum atomic E-state index is 4.36. The van der Waals surface area contributed by atoms with Crippen molar-refractivity contribution in [2.24, 2.45) is 0 Å². The van der Waals surface area contributed by atoms with E-state index in [1.54, 1.807) is 0 Å². The molecule has 2 rings (SSSR count). The molecule has 18 heavy (non-hydrogen) atoms. The molecular weight excluding hydrogens is 220 g/mol. The van der Waals surface area contributed by atoms with E-state index in [4.69, 9.17) is 0 Å². The van der Waals surface area contributed by atoms with Crippen molar-refractivity contribution in [3.8, 4) is 11.3 Å². The molecule has 1 aromatic heterocycles. The second kappa shape index (κ2) is 6.31. The summed E-state index contributed by atoms with van der Waals surface area (Å²) in [7, 11) is 4.23. The predicted molar refractivity (Wildman–Crippen MR) is 76.5 cm³/mol. The first-order valence-electron chi connectivity index (χ1n) is 6.41. The molecule has 0 amide bonds. The number of hydrogen-bond donors (Lipinski definition) is 0. The SMILES string of the molecule is CN(C)CCCc1ccc(-c2ccccn2)cc1. The van der Waals surface area contributed by atoms with Gasteiger partial charge in [-0.25, -0.2) is 0 Å². The minimum atomic E-state index is 1.04. The predicted octanol–water partition coefficient (Wildman–Crippen LogP) is 3.24. The number of pyridine rings is 1. The summed E-state index contributed by atoms with van der Waals surface area (Å²) < 4.78 is 0. The van der Waals surface area contributed by atoms with Gasteiger partial charge < -0.3 is 4.90 Å². The molecule has 0 aliphatic rings. The van der Waals surface area contributed by atoms with E-state index in [0.29, 0.717) is 0 Å². The van der Waals surface area contributed by atoms with E-state index < -0.39 is 0 Å². The van der Waals surface area contributed by atoms with Gasteiger partial charge in [0.1, 0.15) is 0 Å². The zero-order valence-corrected chi connectivity index (χ0v) is 11.1. The van der Waals surface area contributed by atoms with Gasteiger partial charge in [0, 0.05) is 11.8 Å². The van der Waals surface area contributed by atoms with Crippen LogP contribution < -0.4 is 0 Å². The van der Waals surface area contributed by atoms with E-state index in [9.17, 15) is 0 Å². The van der Waals surface area contributed by atoms with Gasteiger partial charge >= 0.3 is 0 Å². The summed E-state index contributed by atoms with van der Waals surface area (Å²) in [6, 6.07) is 14.7. The lowest BCUT2D eigenvalue weighted by atomic mass is 10.1. The highest BCUT2D eigenvalue weighted by atomic mass is 15.0. The van der Waals surface area contributed by atoms with Crippen LogP contribution in [0.25, 0.3) is 11.3 Å². The Balaban J connectivity index is 1.98. The van der Waals surface area contributed by atoms with Gasteiger partial charge in [-0.1, -0.05) is 30.3 Å². The lowest BCUT2D eigenvalue weighted by molar-refractivity contribution is 0.400. The molecule has 0 spiro atoms. The average Bonchev–Trinajstić information content (AvgIpc) is 2.40. The zero-order chi connectivity index (χ0) is 12.8. The Labute approximate surface area is 109 Å². The molecule has 2 nitrogen and oxygen atoms in total. The summed E-state index contributed by atoms with van der Waals surface area (Å²) in [5.74, 6) is 0. The van der Waals surface area contributed by atoms with E-state index in [1.807, 2.05) is 24.4 Å². The first-order chi connectivity index (χ1) is 8.75. The Kier molecular flexibility index (Phi) is 4.48. The Morgan fingerprint density at radius 3 is 2.39 bits per heavy atom. The van der Waals surface area contributed by atoms with E-state index >= 15 is 0 Å². The molecular formula is C16H20N2. The fourth-order valence-corrected chi connectivity index (χ4v) is 1.98. The monoisotopic (exact) mass is 240 g/mol. The smallest absolute Gasteiger partial charge is 0.0701 e. The van der Waals surface area contributed by atoms with Gasteiger partial charge in [-0.05, 0) is 51.2 Å². The Morgan fingerprint density at radius 1 is 1.00 bits per heavy atom. The molecule has 2 heteroatoms. The van der Waals surface area contributed by atoms with Crippen LogP contribution in [0.5, 0.6) is 0 Å². The van der Waals surface area contributed by atoms with E-state index in [-0.39, 0.29) is 0 Å². The van der Waals surface area contributed by atoms with Crippen molar-refractivity contribution in [1.29, 1.82) is 0 Å². The highest BCUT2D eigenvalue weighted by molar-refractivity contribution is 5.58. The first-order valence-corrected chi connectivity index (χ1v) is 6.41. The topological polar surface area (TPSA) is 16.1 Å². The number of aromatic nitrogens is 1. The molecule has 0 saturated carbocycles. The summed E-state index contributed by atoms with van der Waals surface area (Å²) in [6.45, 7) is 1.14. The molecule has 2 aromatic rings. The normalized spacial score (nSPS) is 10.8. The number of nitrogens with zero attached hydrogens (tertiary/aromatic N) is 2. The summed E-state index contributed by atoms with van der Waals surface area (Å²) in [5, 5.41) is 0. The van der Waals surface area contributed by atoms with E-state index in [1.165, 1.54) is 17.5 Å². The van der Waals surface area contributed by atoms with Crippen molar-refractivity contribution in [3.05, 3.63) is 54.2 Å². The quantitative estimate of drug-likeness (QED) is 0.797. The second-order valence-electron chi connectivity index (χ2n) is 4.82. The van der Waals surface area contributed by atoms with Crippen LogP contribution in [0, 0.1) is 0 Å². The summed E-state index contributed by atoms with van der Waals surface area (Å²) >= 11 is 0. The Morgan fingerprint density at radius 2 is 1.78 bits per heavy atom. The maximum absolute atomic E-state index is 4.36. The van der Waals surface area contributed by atoms with Crippen molar-refractivity contribution < 1.29 is 0 Å². The highest BCUT2D eigenvalue weighted by Crippen LogP contribution is 2.17. The second-order valence-corrected chi connectivity index (χ2v) is 4.82. The molecule has 0 aliphatic heterocycles. The molecule has 0 unspecified atom stereocenters. The van der Waals surface area contributed by atoms with Gasteiger partial charge in [-0.3, -0.25) is 4.98 Å². The third-order valence-corrected chi connectivity index (χ3v) is 2.99. The van der Waals surface area contributed by atoms with E-state index in [0.717, 1.165) is 18.7 Å². The average molecular weight is 240 g/mol. The molecule has 0 atom stereocenters. The van der Waals surface area contributed by atoms with Crippen LogP contribution in [0.3, 0.4) is 0 Å². The molecule has 94 valence electrons. The molecule has 0 radical (unpaired) electrons. The molecule has 0 bridgehead atoms. The highest BCUT2D eigenvalue weighted by Gasteiger charge is 1.99. The zero-order valence-electron chi connectivity index (χ0n) is 11.1. The number of hydrogen-bond acceptors (Lipinski definition) is 2. The fourth-order valence-electron chi connectivity index (χ4n) is 1.98. The van der Waals surface area contributed by atoms with Crippen LogP contribution in [0.1, 0.15) is 12.0 Å². The van der Waals surface area contributed by atoms with Gasteiger partial charge in [-0.15, -0.1) is 0 Å². The number of benzene rings is 1. The van der Waals surface area contributed by atoms with Crippen molar-refractivity contribution in [2.75, 3.05) is 20.6 Å². The number of aryl methyl sites for hydroxylation is 1. The van der Waals surface area contributed by atoms with Gasteiger partial charge in [0.2, 0.25) is 0 Å². The minimum Gasteiger partial charge on any atom is -0.309 e. The fraction of sp³-hybridized carbons (Fsp3) is 0.312. The molecule has 0 saturated heterocycles. The summed E-state index contributed by atoms with van der Waals surface area (Å²) in [5.41, 5.74) is 3.63. The van der Waals surface area contributed by atoms with Crippen LogP contribution >= 0.6 is 0 Å². The third kappa shape index (κ3) is 3.67. The molecule has 1 heterocycles. The van der Waals surface area contributed by atoms with Crippen molar-refractivity contribution in [3.63, 3.8) is 0 Å². The lowest BCUT2D eigenvalue weighted by Crippen LogP contribution is -2.13. The van der Waals surface area contributed by atoms with Crippen molar-refractivity contribution in [1.82, 2.24) is 9.88 Å². The summed E-state index contributed by atoms with van der Waals surface area (Å²) in [4.78, 5) is 6.58. The van der Waals surface area contributed by atoms with Crippen molar-refractivity contribution >= 4 is 0 Å². The van der Waals surface area contributed by atoms with E-state index in [2.05, 4.69) is 48.2 Å². The third-order valence-electron chi connectivity index (χ3n) is 2.99. The van der Waals surface area contributed by atoms with Gasteiger partial charge in [0.05, 0.1) is 5.69 Å². The number of rotatable bonds is 5. The Hall–Kier alpha value is -1.67. The largest absolute Gasteiger partial charge is 0.309 e. The summed E-state index contributed by atoms with van der Waals surface area (Å²) in [6.07, 6.45) is 4.18. The van der Waals surface area contributed by atoms with Crippen LogP contribution in [-0.2, 0) is 6.42 Å².